The standard InChI is InChI=1S/C12H18O4/c1-2-6-10-12(15)9(13)7-4-3-5-8-11(14)16-10/h4,7,10,12,15H,2-3,5-6,8H2,1H3/b7-4+/t10-,12-/m1/s1. The zero-order valence-corrected chi connectivity index (χ0v) is 9.52. The van der Waals surface area contributed by atoms with Crippen molar-refractivity contribution in [2.24, 2.45) is 0 Å². The van der Waals surface area contributed by atoms with Crippen LogP contribution in [-0.2, 0) is 14.3 Å². The number of allylic oxidation sites excluding steroid dienone is 1. The fourth-order valence-electron chi connectivity index (χ4n) is 1.64. The quantitative estimate of drug-likeness (QED) is 0.722. The molecule has 0 spiro atoms. The first-order valence-electron chi connectivity index (χ1n) is 5.73. The molecular weight excluding hydrogens is 208 g/mol. The smallest absolute Gasteiger partial charge is 0.306 e. The van der Waals surface area contributed by atoms with E-state index in [0.29, 0.717) is 25.7 Å². The number of aliphatic hydroxyl groups excluding tert-OH is 1. The summed E-state index contributed by atoms with van der Waals surface area (Å²) in [6.07, 6.45) is 4.10. The Morgan fingerprint density at radius 2 is 2.25 bits per heavy atom. The topological polar surface area (TPSA) is 63.6 Å². The Morgan fingerprint density at radius 1 is 1.50 bits per heavy atom. The van der Waals surface area contributed by atoms with Crippen LogP contribution in [-0.4, -0.2) is 29.1 Å². The summed E-state index contributed by atoms with van der Waals surface area (Å²) in [6, 6.07) is 0. The molecule has 0 fully saturated rings. The van der Waals surface area contributed by atoms with Gasteiger partial charge in [0.2, 0.25) is 0 Å². The van der Waals surface area contributed by atoms with Crippen LogP contribution in [0, 0.1) is 0 Å². The van der Waals surface area contributed by atoms with Crippen molar-refractivity contribution in [3.63, 3.8) is 0 Å². The molecule has 1 aliphatic rings. The molecule has 0 bridgehead atoms. The Hall–Kier alpha value is -1.16. The van der Waals surface area contributed by atoms with Gasteiger partial charge in [-0.3, -0.25) is 9.59 Å². The maximum Gasteiger partial charge on any atom is 0.306 e. The number of hydrogen-bond donors (Lipinski definition) is 1. The number of cyclic esters (lactones) is 1. The summed E-state index contributed by atoms with van der Waals surface area (Å²) < 4.78 is 5.11. The first kappa shape index (κ1) is 12.9. The maximum atomic E-state index is 11.5. The molecule has 0 aromatic heterocycles. The highest BCUT2D eigenvalue weighted by Gasteiger charge is 2.27. The summed E-state index contributed by atoms with van der Waals surface area (Å²) in [4.78, 5) is 22.9. The van der Waals surface area contributed by atoms with Crippen molar-refractivity contribution in [1.82, 2.24) is 0 Å². The molecule has 2 atom stereocenters. The summed E-state index contributed by atoms with van der Waals surface area (Å²) in [5.41, 5.74) is 0. The van der Waals surface area contributed by atoms with E-state index in [1.54, 1.807) is 6.08 Å². The largest absolute Gasteiger partial charge is 0.459 e. The number of esters is 1. The normalized spacial score (nSPS) is 29.6. The van der Waals surface area contributed by atoms with Gasteiger partial charge in [0, 0.05) is 6.42 Å². The van der Waals surface area contributed by atoms with Gasteiger partial charge in [-0.2, -0.15) is 0 Å². The predicted molar refractivity (Wildman–Crippen MR) is 58.8 cm³/mol. The van der Waals surface area contributed by atoms with E-state index in [4.69, 9.17) is 4.74 Å². The van der Waals surface area contributed by atoms with E-state index in [0.717, 1.165) is 6.42 Å². The van der Waals surface area contributed by atoms with E-state index < -0.39 is 12.2 Å². The average Bonchev–Trinajstić information content (AvgIpc) is 2.26. The monoisotopic (exact) mass is 226 g/mol. The molecule has 0 aromatic carbocycles. The summed E-state index contributed by atoms with van der Waals surface area (Å²) >= 11 is 0. The molecule has 4 nitrogen and oxygen atoms in total. The number of aliphatic hydroxyl groups is 1. The Balaban J connectivity index is 2.76. The van der Waals surface area contributed by atoms with Gasteiger partial charge in [0.1, 0.15) is 6.10 Å². The third kappa shape index (κ3) is 3.77. The highest BCUT2D eigenvalue weighted by molar-refractivity contribution is 5.94. The molecule has 0 unspecified atom stereocenters. The molecule has 1 rings (SSSR count). The number of rotatable bonds is 2. The molecule has 1 N–H and O–H groups in total. The minimum absolute atomic E-state index is 0.333. The van der Waals surface area contributed by atoms with Gasteiger partial charge in [-0.15, -0.1) is 0 Å². The van der Waals surface area contributed by atoms with E-state index in [1.807, 2.05) is 6.92 Å². The van der Waals surface area contributed by atoms with Gasteiger partial charge in [-0.1, -0.05) is 19.4 Å². The van der Waals surface area contributed by atoms with Crippen molar-refractivity contribution < 1.29 is 19.4 Å². The molecule has 1 aliphatic heterocycles. The van der Waals surface area contributed by atoms with Gasteiger partial charge in [0.15, 0.2) is 11.9 Å². The van der Waals surface area contributed by atoms with Crippen molar-refractivity contribution in [2.75, 3.05) is 0 Å². The second-order valence-electron chi connectivity index (χ2n) is 3.96. The number of carbonyl (C=O) groups is 2. The molecule has 0 amide bonds. The highest BCUT2D eigenvalue weighted by atomic mass is 16.6. The summed E-state index contributed by atoms with van der Waals surface area (Å²) in [5, 5.41) is 9.73. The lowest BCUT2D eigenvalue weighted by atomic mass is 10.0. The van der Waals surface area contributed by atoms with Gasteiger partial charge in [0.25, 0.3) is 0 Å². The second kappa shape index (κ2) is 6.43. The first-order chi connectivity index (χ1) is 7.65. The Labute approximate surface area is 95.3 Å². The minimum Gasteiger partial charge on any atom is -0.459 e. The minimum atomic E-state index is -1.22. The lowest BCUT2D eigenvalue weighted by Crippen LogP contribution is -2.37. The Kier molecular flexibility index (Phi) is 5.19. The van der Waals surface area contributed by atoms with Gasteiger partial charge in [-0.25, -0.2) is 0 Å². The average molecular weight is 226 g/mol. The zero-order chi connectivity index (χ0) is 12.0. The van der Waals surface area contributed by atoms with Crippen LogP contribution in [0.15, 0.2) is 12.2 Å². The van der Waals surface area contributed by atoms with E-state index in [-0.39, 0.29) is 11.8 Å². The Bertz CT molecular complexity index is 283. The van der Waals surface area contributed by atoms with Crippen LogP contribution >= 0.6 is 0 Å². The van der Waals surface area contributed by atoms with Crippen molar-refractivity contribution in [1.29, 1.82) is 0 Å². The zero-order valence-electron chi connectivity index (χ0n) is 9.52. The number of ether oxygens (including phenoxy) is 1. The van der Waals surface area contributed by atoms with E-state index in [2.05, 4.69) is 0 Å². The van der Waals surface area contributed by atoms with Crippen molar-refractivity contribution in [3.05, 3.63) is 12.2 Å². The fraction of sp³-hybridized carbons (Fsp3) is 0.667. The molecule has 0 saturated carbocycles. The molecule has 0 aliphatic carbocycles. The third-order valence-electron chi connectivity index (χ3n) is 2.53. The van der Waals surface area contributed by atoms with Gasteiger partial charge < -0.3 is 9.84 Å². The molecule has 16 heavy (non-hydrogen) atoms. The summed E-state index contributed by atoms with van der Waals surface area (Å²) in [5.74, 6) is -0.714. The highest BCUT2D eigenvalue weighted by Crippen LogP contribution is 2.13. The molecular formula is C12H18O4. The molecule has 0 radical (unpaired) electrons. The molecule has 0 aromatic rings. The van der Waals surface area contributed by atoms with Crippen LogP contribution < -0.4 is 0 Å². The van der Waals surface area contributed by atoms with Crippen LogP contribution in [0.2, 0.25) is 0 Å². The molecule has 4 heteroatoms. The van der Waals surface area contributed by atoms with Crippen LogP contribution in [0.4, 0.5) is 0 Å². The second-order valence-corrected chi connectivity index (χ2v) is 3.96. The SMILES string of the molecule is CCC[C@H]1OC(=O)CCC/C=C/C(=O)[C@H]1O. The van der Waals surface area contributed by atoms with Crippen LogP contribution in [0.5, 0.6) is 0 Å². The summed E-state index contributed by atoms with van der Waals surface area (Å²) in [6.45, 7) is 1.92. The first-order valence-corrected chi connectivity index (χ1v) is 5.73. The van der Waals surface area contributed by atoms with Gasteiger partial charge in [-0.05, 0) is 25.3 Å². The van der Waals surface area contributed by atoms with Crippen molar-refractivity contribution >= 4 is 11.8 Å². The van der Waals surface area contributed by atoms with E-state index >= 15 is 0 Å². The van der Waals surface area contributed by atoms with Gasteiger partial charge >= 0.3 is 5.97 Å². The summed E-state index contributed by atoms with van der Waals surface area (Å²) in [7, 11) is 0. The molecule has 0 saturated heterocycles. The number of hydrogen-bond acceptors (Lipinski definition) is 4. The number of carbonyl (C=O) groups excluding carboxylic acids is 2. The lowest BCUT2D eigenvalue weighted by Gasteiger charge is -2.21. The maximum absolute atomic E-state index is 11.5. The lowest BCUT2D eigenvalue weighted by molar-refractivity contribution is -0.157. The van der Waals surface area contributed by atoms with Gasteiger partial charge in [0.05, 0.1) is 0 Å². The van der Waals surface area contributed by atoms with Crippen molar-refractivity contribution in [3.8, 4) is 0 Å². The van der Waals surface area contributed by atoms with Crippen LogP contribution in [0.1, 0.15) is 39.0 Å². The van der Waals surface area contributed by atoms with Crippen LogP contribution in [0.25, 0.3) is 0 Å². The fourth-order valence-corrected chi connectivity index (χ4v) is 1.64. The molecule has 1 heterocycles. The van der Waals surface area contributed by atoms with E-state index in [9.17, 15) is 14.7 Å². The van der Waals surface area contributed by atoms with Crippen molar-refractivity contribution in [2.45, 2.75) is 51.2 Å². The molecule has 90 valence electrons. The van der Waals surface area contributed by atoms with E-state index in [1.165, 1.54) is 6.08 Å². The predicted octanol–water partition coefficient (Wildman–Crippen LogP) is 1.37. The van der Waals surface area contributed by atoms with Crippen LogP contribution in [0.3, 0.4) is 0 Å². The number of ketones is 1. The third-order valence-corrected chi connectivity index (χ3v) is 2.53. The Morgan fingerprint density at radius 3 is 2.94 bits per heavy atom.